The predicted molar refractivity (Wildman–Crippen MR) is 106 cm³/mol. The number of guanidine groups is 1. The van der Waals surface area contributed by atoms with Crippen LogP contribution in [-0.2, 0) is 4.74 Å². The molecular formula is C19H33N5O3. The quantitative estimate of drug-likeness (QED) is 0.392. The van der Waals surface area contributed by atoms with Gasteiger partial charge in [-0.15, -0.1) is 0 Å². The van der Waals surface area contributed by atoms with Crippen molar-refractivity contribution >= 4 is 11.9 Å². The van der Waals surface area contributed by atoms with E-state index < -0.39 is 0 Å². The van der Waals surface area contributed by atoms with Crippen molar-refractivity contribution in [2.75, 3.05) is 73.1 Å². The minimum atomic E-state index is -0.0410. The van der Waals surface area contributed by atoms with Crippen LogP contribution in [0.1, 0.15) is 23.9 Å². The van der Waals surface area contributed by atoms with E-state index in [-0.39, 0.29) is 5.91 Å². The molecular weight excluding hydrogens is 346 g/mol. The van der Waals surface area contributed by atoms with Gasteiger partial charge in [-0.1, -0.05) is 0 Å². The second-order valence-corrected chi connectivity index (χ2v) is 6.64. The minimum Gasteiger partial charge on any atom is -0.459 e. The molecule has 1 aliphatic rings. The van der Waals surface area contributed by atoms with Crippen LogP contribution in [0, 0.1) is 0 Å². The van der Waals surface area contributed by atoms with Crippen molar-refractivity contribution in [3.63, 3.8) is 0 Å². The number of carbonyl (C=O) groups is 1. The van der Waals surface area contributed by atoms with Gasteiger partial charge in [-0.25, -0.2) is 0 Å². The molecule has 1 saturated heterocycles. The number of nitrogens with zero attached hydrogens (tertiary/aromatic N) is 4. The molecule has 2 rings (SSSR count). The van der Waals surface area contributed by atoms with E-state index in [4.69, 9.17) is 14.1 Å². The topological polar surface area (TPSA) is 73.6 Å². The molecule has 0 saturated carbocycles. The van der Waals surface area contributed by atoms with Crippen molar-refractivity contribution in [3.8, 4) is 0 Å². The third kappa shape index (κ3) is 6.88. The van der Waals surface area contributed by atoms with Crippen molar-refractivity contribution in [1.29, 1.82) is 0 Å². The molecule has 2 heterocycles. The fourth-order valence-corrected chi connectivity index (χ4v) is 2.99. The summed E-state index contributed by atoms with van der Waals surface area (Å²) in [5.74, 6) is 1.30. The molecule has 27 heavy (non-hydrogen) atoms. The van der Waals surface area contributed by atoms with Gasteiger partial charge in [0.05, 0.1) is 12.9 Å². The molecule has 8 nitrogen and oxygen atoms in total. The average molecular weight is 380 g/mol. The molecule has 0 aromatic carbocycles. The van der Waals surface area contributed by atoms with Crippen molar-refractivity contribution < 1.29 is 13.9 Å². The van der Waals surface area contributed by atoms with E-state index in [2.05, 4.69) is 29.1 Å². The number of rotatable bonds is 9. The predicted octanol–water partition coefficient (Wildman–Crippen LogP) is 0.971. The second-order valence-electron chi connectivity index (χ2n) is 6.64. The number of aliphatic imine (C=N–C) groups is 1. The summed E-state index contributed by atoms with van der Waals surface area (Å²) in [4.78, 5) is 23.4. The van der Waals surface area contributed by atoms with Crippen molar-refractivity contribution in [1.82, 2.24) is 20.0 Å². The first kappa shape index (κ1) is 21.2. The molecule has 0 bridgehead atoms. The summed E-state index contributed by atoms with van der Waals surface area (Å²) >= 11 is 0. The van der Waals surface area contributed by atoms with Gasteiger partial charge in [-0.2, -0.15) is 0 Å². The number of methoxy groups -OCH3 is 1. The fourth-order valence-electron chi connectivity index (χ4n) is 2.99. The Labute approximate surface area is 162 Å². The van der Waals surface area contributed by atoms with Crippen molar-refractivity contribution in [2.45, 2.75) is 13.3 Å². The zero-order valence-electron chi connectivity index (χ0n) is 16.8. The van der Waals surface area contributed by atoms with Gasteiger partial charge in [0, 0.05) is 52.9 Å². The van der Waals surface area contributed by atoms with Gasteiger partial charge in [0.25, 0.3) is 5.91 Å². The smallest absolute Gasteiger partial charge is 0.289 e. The number of nitrogens with one attached hydrogen (secondary N) is 1. The van der Waals surface area contributed by atoms with Gasteiger partial charge in [0.1, 0.15) is 0 Å². The number of furan rings is 1. The van der Waals surface area contributed by atoms with Crippen LogP contribution in [0.3, 0.4) is 0 Å². The normalized spacial score (nSPS) is 15.5. The Hall–Kier alpha value is -2.06. The number of ether oxygens (including phenoxy) is 1. The maximum Gasteiger partial charge on any atom is 0.289 e. The number of hydrogen-bond donors (Lipinski definition) is 1. The van der Waals surface area contributed by atoms with Gasteiger partial charge >= 0.3 is 0 Å². The molecule has 8 heteroatoms. The van der Waals surface area contributed by atoms with Gasteiger partial charge < -0.3 is 29.2 Å². The molecule has 0 unspecified atom stereocenters. The number of amides is 1. The highest BCUT2D eigenvalue weighted by Gasteiger charge is 2.25. The van der Waals surface area contributed by atoms with E-state index in [9.17, 15) is 4.79 Å². The number of likely N-dealkylation sites (N-methyl/N-ethyl adjacent to an activating group) is 1. The van der Waals surface area contributed by atoms with Gasteiger partial charge in [-0.3, -0.25) is 9.79 Å². The Morgan fingerprint density at radius 1 is 1.30 bits per heavy atom. The van der Waals surface area contributed by atoms with Gasteiger partial charge in [-0.05, 0) is 39.1 Å². The lowest BCUT2D eigenvalue weighted by Gasteiger charge is -2.36. The van der Waals surface area contributed by atoms with Crippen LogP contribution in [0.25, 0.3) is 0 Å². The van der Waals surface area contributed by atoms with Crippen LogP contribution in [0.2, 0.25) is 0 Å². The van der Waals surface area contributed by atoms with Crippen LogP contribution in [-0.4, -0.2) is 99.7 Å². The zero-order valence-corrected chi connectivity index (χ0v) is 16.8. The van der Waals surface area contributed by atoms with E-state index in [1.165, 1.54) is 6.26 Å². The lowest BCUT2D eigenvalue weighted by molar-refractivity contribution is 0.0657. The molecule has 0 atom stereocenters. The van der Waals surface area contributed by atoms with Gasteiger partial charge in [0.15, 0.2) is 11.7 Å². The third-order valence-electron chi connectivity index (χ3n) is 4.57. The maximum atomic E-state index is 12.4. The Kier molecular flexibility index (Phi) is 9.13. The van der Waals surface area contributed by atoms with Crippen molar-refractivity contribution in [2.24, 2.45) is 4.99 Å². The molecule has 1 aromatic heterocycles. The number of hydrogen-bond acceptors (Lipinski definition) is 5. The summed E-state index contributed by atoms with van der Waals surface area (Å²) in [5.41, 5.74) is 0. The molecule has 0 radical (unpaired) electrons. The lowest BCUT2D eigenvalue weighted by Crippen LogP contribution is -2.53. The summed E-state index contributed by atoms with van der Waals surface area (Å²) in [6.07, 6.45) is 2.54. The summed E-state index contributed by atoms with van der Waals surface area (Å²) < 4.78 is 10.3. The molecule has 1 aromatic rings. The minimum absolute atomic E-state index is 0.0410. The maximum absolute atomic E-state index is 12.4. The average Bonchev–Trinajstić information content (AvgIpc) is 3.23. The summed E-state index contributed by atoms with van der Waals surface area (Å²) in [6, 6.07) is 3.45. The first-order chi connectivity index (χ1) is 13.2. The highest BCUT2D eigenvalue weighted by molar-refractivity contribution is 5.91. The molecule has 1 fully saturated rings. The summed E-state index contributed by atoms with van der Waals surface area (Å²) in [6.45, 7) is 9.26. The van der Waals surface area contributed by atoms with Crippen LogP contribution >= 0.6 is 0 Å². The van der Waals surface area contributed by atoms with E-state index in [1.54, 1.807) is 19.2 Å². The van der Waals surface area contributed by atoms with E-state index in [1.807, 2.05) is 4.90 Å². The van der Waals surface area contributed by atoms with E-state index in [0.717, 1.165) is 58.3 Å². The first-order valence-electron chi connectivity index (χ1n) is 9.69. The third-order valence-corrected chi connectivity index (χ3v) is 4.57. The highest BCUT2D eigenvalue weighted by atomic mass is 16.5. The Bertz CT molecular complexity index is 568. The van der Waals surface area contributed by atoms with Crippen LogP contribution in [0.4, 0.5) is 0 Å². The molecule has 152 valence electrons. The standard InChI is InChI=1S/C19H33N5O3/c1-4-20-19(21-8-6-9-22(2)14-16-26-3)24-12-10-23(11-13-24)18(25)17-7-5-15-27-17/h5,7,15H,4,6,8-14,16H2,1-3H3,(H,20,21). The van der Waals surface area contributed by atoms with Crippen molar-refractivity contribution in [3.05, 3.63) is 24.2 Å². The van der Waals surface area contributed by atoms with Gasteiger partial charge in [0.2, 0.25) is 0 Å². The van der Waals surface area contributed by atoms with Crippen LogP contribution in [0.5, 0.6) is 0 Å². The SMILES string of the molecule is CCNC(=NCCCN(C)CCOC)N1CCN(C(=O)c2ccco2)CC1. The van der Waals surface area contributed by atoms with Crippen LogP contribution < -0.4 is 5.32 Å². The highest BCUT2D eigenvalue weighted by Crippen LogP contribution is 2.09. The lowest BCUT2D eigenvalue weighted by atomic mass is 10.3. The van der Waals surface area contributed by atoms with E-state index in [0.29, 0.717) is 18.8 Å². The number of carbonyl (C=O) groups excluding carboxylic acids is 1. The summed E-state index contributed by atoms with van der Waals surface area (Å²) in [5, 5.41) is 3.37. The zero-order chi connectivity index (χ0) is 19.5. The molecule has 1 N–H and O–H groups in total. The molecule has 1 amide bonds. The Balaban J connectivity index is 1.78. The fraction of sp³-hybridized carbons (Fsp3) is 0.684. The number of piperazine rings is 1. The second kappa shape index (κ2) is 11.6. The first-order valence-corrected chi connectivity index (χ1v) is 9.69. The molecule has 0 aliphatic carbocycles. The largest absolute Gasteiger partial charge is 0.459 e. The Morgan fingerprint density at radius 2 is 2.04 bits per heavy atom. The van der Waals surface area contributed by atoms with E-state index >= 15 is 0 Å². The molecule has 0 spiro atoms. The summed E-state index contributed by atoms with van der Waals surface area (Å²) in [7, 11) is 3.83. The van der Waals surface area contributed by atoms with Crippen LogP contribution in [0.15, 0.2) is 27.8 Å². The Morgan fingerprint density at radius 3 is 2.67 bits per heavy atom. The molecule has 1 aliphatic heterocycles. The monoisotopic (exact) mass is 379 g/mol.